The van der Waals surface area contributed by atoms with E-state index in [2.05, 4.69) is 167 Å². The van der Waals surface area contributed by atoms with E-state index in [-0.39, 0.29) is 0 Å². The number of pyridine rings is 1. The summed E-state index contributed by atoms with van der Waals surface area (Å²) < 4.78 is 7.19. The third kappa shape index (κ3) is 3.94. The van der Waals surface area contributed by atoms with E-state index in [4.69, 9.17) is 4.98 Å². The van der Waals surface area contributed by atoms with Crippen LogP contribution in [0.1, 0.15) is 0 Å². The molecule has 4 heterocycles. The third-order valence-corrected chi connectivity index (χ3v) is 13.1. The summed E-state index contributed by atoms with van der Waals surface area (Å²) in [4.78, 5) is 5.18. The van der Waals surface area contributed by atoms with Crippen LogP contribution in [-0.4, -0.2) is 20.2 Å². The topological polar surface area (TPSA) is 22.8 Å². The first-order valence-electron chi connectivity index (χ1n) is 17.8. The molecule has 8 aromatic carbocycles. The van der Waals surface area contributed by atoms with Gasteiger partial charge in [-0.2, -0.15) is 0 Å². The molecular weight excluding hydrogens is 682 g/mol. The first-order chi connectivity index (χ1) is 26.3. The van der Waals surface area contributed by atoms with Gasteiger partial charge in [-0.25, -0.2) is 4.98 Å². The summed E-state index contributed by atoms with van der Waals surface area (Å²) in [6, 6.07) is 55.7. The Bertz CT molecular complexity index is 3510. The van der Waals surface area contributed by atoms with E-state index in [0.29, 0.717) is 0 Å². The smallest absolute Gasteiger partial charge is 0.155 e. The molecule has 0 fully saturated rings. The Hall–Kier alpha value is -6.32. The first kappa shape index (κ1) is 29.3. The van der Waals surface area contributed by atoms with Gasteiger partial charge in [0.15, 0.2) is 5.82 Å². The Balaban J connectivity index is 1.12. The number of hydrogen-bond donors (Lipinski definition) is 0. The van der Waals surface area contributed by atoms with Gasteiger partial charge >= 0.3 is 0 Å². The molecule has 0 radical (unpaired) electrons. The van der Waals surface area contributed by atoms with E-state index in [1.165, 1.54) is 102 Å². The molecule has 0 aliphatic rings. The van der Waals surface area contributed by atoms with Crippen molar-refractivity contribution in [2.45, 2.75) is 0 Å². The van der Waals surface area contributed by atoms with Crippen molar-refractivity contribution in [1.82, 2.24) is 13.9 Å². The summed E-state index contributed by atoms with van der Waals surface area (Å²) in [7, 11) is 0.925. The highest BCUT2D eigenvalue weighted by Crippen LogP contribution is 2.45. The van der Waals surface area contributed by atoms with Gasteiger partial charge in [-0.05, 0) is 79.8 Å². The molecule has 0 atom stereocenters. The number of hydrogen-bond acceptors (Lipinski definition) is 2. The molecular formula is C48H28N3PS. The number of fused-ring (bicyclic) bond motifs is 16. The van der Waals surface area contributed by atoms with Crippen LogP contribution < -0.4 is 0 Å². The van der Waals surface area contributed by atoms with Crippen LogP contribution in [0, 0.1) is 0 Å². The van der Waals surface area contributed by atoms with Crippen LogP contribution in [0.25, 0.3) is 113 Å². The van der Waals surface area contributed by atoms with Crippen molar-refractivity contribution < 1.29 is 0 Å². The second-order valence-electron chi connectivity index (χ2n) is 13.9. The minimum atomic E-state index is 0.925. The molecule has 12 rings (SSSR count). The first-order valence-corrected chi connectivity index (χ1v) is 19.7. The quantitative estimate of drug-likeness (QED) is 0.132. The normalized spacial score (nSPS) is 12.4. The van der Waals surface area contributed by atoms with Crippen molar-refractivity contribution in [1.29, 1.82) is 0 Å². The van der Waals surface area contributed by atoms with Crippen LogP contribution in [0.4, 0.5) is 0 Å². The number of para-hydroxylation sites is 2. The molecule has 246 valence electrons. The highest BCUT2D eigenvalue weighted by Gasteiger charge is 2.22. The summed E-state index contributed by atoms with van der Waals surface area (Å²) in [5.41, 5.74) is 7.15. The summed E-state index contributed by atoms with van der Waals surface area (Å²) in [5.74, 6) is 0.963. The lowest BCUT2D eigenvalue weighted by Gasteiger charge is -2.12. The number of benzene rings is 8. The van der Waals surface area contributed by atoms with Gasteiger partial charge < -0.3 is 0 Å². The lowest BCUT2D eigenvalue weighted by molar-refractivity contribution is 1.11. The van der Waals surface area contributed by atoms with Gasteiger partial charge in [0.05, 0.1) is 26.8 Å². The molecule has 0 bridgehead atoms. The fourth-order valence-corrected chi connectivity index (χ4v) is 10.8. The van der Waals surface area contributed by atoms with Crippen molar-refractivity contribution in [2.75, 3.05) is 0 Å². The lowest BCUT2D eigenvalue weighted by Crippen LogP contribution is -1.98. The fourth-order valence-electron chi connectivity index (χ4n) is 8.96. The fraction of sp³-hybridized carbons (Fsp3) is 0. The van der Waals surface area contributed by atoms with Crippen LogP contribution >= 0.6 is 19.7 Å². The summed E-state index contributed by atoms with van der Waals surface area (Å²) in [6.45, 7) is 0. The number of aromatic nitrogens is 3. The molecule has 0 aliphatic carbocycles. The van der Waals surface area contributed by atoms with E-state index < -0.39 is 0 Å². The molecule has 0 saturated heterocycles. The predicted molar refractivity (Wildman–Crippen MR) is 232 cm³/mol. The van der Waals surface area contributed by atoms with Gasteiger partial charge in [-0.1, -0.05) is 122 Å². The van der Waals surface area contributed by atoms with Crippen molar-refractivity contribution in [3.63, 3.8) is 0 Å². The average Bonchev–Trinajstić information content (AvgIpc) is 3.88. The molecule has 0 amide bonds. The largest absolute Gasteiger partial charge is 0.290 e. The standard InChI is InChI=1S/C48H28N3PS/c1-52-51-43-17-9-7-15-36(43)38-22-21-37-35-14-6-8-16-42(35)50(45(37)46(38)51)48-47-39(24-25-49-48)41-27-29(19-23-44(41)53-47)28-18-20-34-32-12-3-2-10-30(32)31-11-4-5-13-33(31)40(34)26-28/h2-27H,1H2. The summed E-state index contributed by atoms with van der Waals surface area (Å²) >= 11 is 1.83. The van der Waals surface area contributed by atoms with Crippen LogP contribution in [0.2, 0.25) is 0 Å². The number of rotatable bonds is 3. The van der Waals surface area contributed by atoms with Gasteiger partial charge in [0.2, 0.25) is 0 Å². The minimum Gasteiger partial charge on any atom is -0.290 e. The van der Waals surface area contributed by atoms with Crippen molar-refractivity contribution >= 4 is 122 Å². The molecule has 0 spiro atoms. The van der Waals surface area contributed by atoms with Gasteiger partial charge in [0.1, 0.15) is 0 Å². The predicted octanol–water partition coefficient (Wildman–Crippen LogP) is 13.9. The summed E-state index contributed by atoms with van der Waals surface area (Å²) in [6.07, 6.45) is 6.35. The molecule has 0 saturated carbocycles. The molecule has 0 aliphatic heterocycles. The number of nitrogens with zero attached hydrogens (tertiary/aromatic N) is 3. The van der Waals surface area contributed by atoms with E-state index in [0.717, 1.165) is 19.7 Å². The molecule has 4 aromatic heterocycles. The zero-order chi connectivity index (χ0) is 34.8. The van der Waals surface area contributed by atoms with Crippen molar-refractivity contribution in [3.05, 3.63) is 158 Å². The van der Waals surface area contributed by atoms with Crippen LogP contribution in [0.15, 0.2) is 158 Å². The van der Waals surface area contributed by atoms with Gasteiger partial charge in [0.25, 0.3) is 0 Å². The molecule has 3 nitrogen and oxygen atoms in total. The Morgan fingerprint density at radius 3 is 1.68 bits per heavy atom. The van der Waals surface area contributed by atoms with Gasteiger partial charge in [-0.3, -0.25) is 8.90 Å². The van der Waals surface area contributed by atoms with Crippen LogP contribution in [-0.2, 0) is 0 Å². The Kier molecular flexibility index (Phi) is 5.99. The Labute approximate surface area is 309 Å². The zero-order valence-corrected chi connectivity index (χ0v) is 30.1. The molecule has 12 aromatic rings. The van der Waals surface area contributed by atoms with Crippen LogP contribution in [0.5, 0.6) is 0 Å². The maximum atomic E-state index is 5.18. The number of thiophene rings is 1. The second-order valence-corrected chi connectivity index (χ2v) is 15.6. The Morgan fingerprint density at radius 2 is 0.981 bits per heavy atom. The zero-order valence-electron chi connectivity index (χ0n) is 28.4. The van der Waals surface area contributed by atoms with Crippen molar-refractivity contribution in [2.24, 2.45) is 0 Å². The maximum Gasteiger partial charge on any atom is 0.155 e. The van der Waals surface area contributed by atoms with E-state index in [1.807, 2.05) is 17.5 Å². The molecule has 53 heavy (non-hydrogen) atoms. The highest BCUT2D eigenvalue weighted by molar-refractivity contribution is 7.35. The third-order valence-electron chi connectivity index (χ3n) is 11.2. The van der Waals surface area contributed by atoms with Gasteiger partial charge in [-0.15, -0.1) is 11.3 Å². The highest BCUT2D eigenvalue weighted by atomic mass is 32.1. The van der Waals surface area contributed by atoms with E-state index >= 15 is 0 Å². The van der Waals surface area contributed by atoms with Crippen molar-refractivity contribution in [3.8, 4) is 16.9 Å². The maximum absolute atomic E-state index is 5.18. The monoisotopic (exact) mass is 709 g/mol. The van der Waals surface area contributed by atoms with E-state index in [1.54, 1.807) is 0 Å². The lowest BCUT2D eigenvalue weighted by atomic mass is 9.92. The molecule has 5 heteroatoms. The average molecular weight is 710 g/mol. The van der Waals surface area contributed by atoms with E-state index in [9.17, 15) is 0 Å². The Morgan fingerprint density at radius 1 is 0.453 bits per heavy atom. The van der Waals surface area contributed by atoms with Gasteiger partial charge in [0, 0.05) is 51.6 Å². The SMILES string of the molecule is C=Pn1c2ccccc2c2ccc3c4ccccc4n(-c4nccc5c4sc4ccc(-c6ccc7c8ccccc8c8ccccc8c7c6)cc45)c3c21. The second kappa shape index (κ2) is 10.8. The minimum absolute atomic E-state index is 0.925. The molecule has 0 N–H and O–H groups in total. The summed E-state index contributed by atoms with van der Waals surface area (Å²) in [5, 5.41) is 15.2. The van der Waals surface area contributed by atoms with Crippen LogP contribution in [0.3, 0.4) is 0 Å². The molecule has 0 unspecified atom stereocenters.